The summed E-state index contributed by atoms with van der Waals surface area (Å²) in [6.07, 6.45) is 1.76. The van der Waals surface area contributed by atoms with E-state index in [2.05, 4.69) is 75.0 Å². The van der Waals surface area contributed by atoms with Gasteiger partial charge >= 0.3 is 0 Å². The molecule has 27 heavy (non-hydrogen) atoms. The molecule has 144 valence electrons. The number of aryl methyl sites for hydroxylation is 1. The van der Waals surface area contributed by atoms with Gasteiger partial charge in [-0.2, -0.15) is 5.10 Å². The largest absolute Gasteiger partial charge is 0.369 e. The first kappa shape index (κ1) is 19.1. The highest BCUT2D eigenvalue weighted by Crippen LogP contribution is 2.21. The lowest BCUT2D eigenvalue weighted by molar-refractivity contribution is 0.209. The molecule has 0 unspecified atom stereocenters. The quantitative estimate of drug-likeness (QED) is 0.825. The molecule has 1 fully saturated rings. The smallest absolute Gasteiger partial charge is 0.192 e. The fourth-order valence-corrected chi connectivity index (χ4v) is 3.39. The third kappa shape index (κ3) is 4.19. The Bertz CT molecular complexity index is 844. The summed E-state index contributed by atoms with van der Waals surface area (Å²) in [5, 5.41) is 7.36. The van der Waals surface area contributed by atoms with Crippen LogP contribution >= 0.6 is 0 Å². The van der Waals surface area contributed by atoms with Crippen LogP contribution in [0.25, 0.3) is 0 Å². The lowest BCUT2D eigenvalue weighted by Crippen LogP contribution is -2.48. The number of benzene rings is 1. The van der Waals surface area contributed by atoms with E-state index in [0.29, 0.717) is 17.3 Å². The average molecular weight is 368 g/mol. The summed E-state index contributed by atoms with van der Waals surface area (Å²) in [5.41, 5.74) is 3.76. The van der Waals surface area contributed by atoms with Gasteiger partial charge in [-0.15, -0.1) is 0 Å². The second-order valence-corrected chi connectivity index (χ2v) is 7.04. The minimum Gasteiger partial charge on any atom is -0.369 e. The molecule has 0 saturated carbocycles. The maximum Gasteiger partial charge on any atom is 0.192 e. The summed E-state index contributed by atoms with van der Waals surface area (Å²) in [6.45, 7) is 14.4. The Hall–Kier alpha value is -2.67. The van der Waals surface area contributed by atoms with Crippen LogP contribution in [0.15, 0.2) is 40.6 Å². The van der Waals surface area contributed by atoms with Crippen molar-refractivity contribution in [3.63, 3.8) is 0 Å². The van der Waals surface area contributed by atoms with Crippen molar-refractivity contribution < 1.29 is 0 Å². The normalized spacial score (nSPS) is 16.0. The van der Waals surface area contributed by atoms with Gasteiger partial charge in [0.05, 0.1) is 11.9 Å². The van der Waals surface area contributed by atoms with Crippen molar-refractivity contribution in [1.82, 2.24) is 14.6 Å². The van der Waals surface area contributed by atoms with Gasteiger partial charge < -0.3 is 10.2 Å². The maximum absolute atomic E-state index is 4.46. The number of piperazine rings is 1. The summed E-state index contributed by atoms with van der Waals surface area (Å²) < 4.78 is 1.68. The van der Waals surface area contributed by atoms with Gasteiger partial charge in [0.15, 0.2) is 11.3 Å². The van der Waals surface area contributed by atoms with Gasteiger partial charge in [0.1, 0.15) is 0 Å². The van der Waals surface area contributed by atoms with Crippen molar-refractivity contribution >= 4 is 23.9 Å². The lowest BCUT2D eigenvalue weighted by Gasteiger charge is -2.38. The third-order valence-electron chi connectivity index (χ3n) is 5.02. The van der Waals surface area contributed by atoms with Gasteiger partial charge in [-0.25, -0.2) is 9.66 Å². The van der Waals surface area contributed by atoms with Gasteiger partial charge in [0, 0.05) is 57.4 Å². The standard InChI is InChI=1S/C20H29N7/c1-15(2)25-10-12-26(13-11-25)18-8-6-17(7-9-18)24-19-20(21-4)27(22-5)16(3)14-23-19/h6-9,14-15H,5,10-13H2,1-4H3,(H,23,24). The van der Waals surface area contributed by atoms with E-state index in [1.54, 1.807) is 17.9 Å². The van der Waals surface area contributed by atoms with E-state index in [9.17, 15) is 0 Å². The summed E-state index contributed by atoms with van der Waals surface area (Å²) in [7, 11) is 1.73. The molecule has 0 aliphatic carbocycles. The van der Waals surface area contributed by atoms with Gasteiger partial charge in [-0.1, -0.05) is 0 Å². The van der Waals surface area contributed by atoms with Gasteiger partial charge in [-0.3, -0.25) is 9.89 Å². The molecule has 0 spiro atoms. The van der Waals surface area contributed by atoms with Crippen molar-refractivity contribution in [2.75, 3.05) is 43.4 Å². The molecule has 7 heteroatoms. The van der Waals surface area contributed by atoms with Crippen LogP contribution in [0.5, 0.6) is 0 Å². The predicted octanol–water partition coefficient (Wildman–Crippen LogP) is 2.46. The van der Waals surface area contributed by atoms with Crippen molar-refractivity contribution in [1.29, 1.82) is 0 Å². The van der Waals surface area contributed by atoms with Crippen LogP contribution in [0.1, 0.15) is 19.5 Å². The molecule has 0 amide bonds. The molecule has 3 rings (SSSR count). The van der Waals surface area contributed by atoms with Crippen LogP contribution in [0, 0.1) is 6.92 Å². The molecule has 7 nitrogen and oxygen atoms in total. The van der Waals surface area contributed by atoms with Crippen LogP contribution in [0.2, 0.25) is 0 Å². The molecular formula is C20H29N7. The third-order valence-corrected chi connectivity index (χ3v) is 5.02. The first-order valence-electron chi connectivity index (χ1n) is 9.38. The number of nitrogens with one attached hydrogen (secondary N) is 1. The second kappa shape index (κ2) is 8.35. The molecule has 0 atom stereocenters. The molecule has 1 saturated heterocycles. The highest BCUT2D eigenvalue weighted by Gasteiger charge is 2.18. The highest BCUT2D eigenvalue weighted by molar-refractivity contribution is 5.60. The Balaban J connectivity index is 1.73. The van der Waals surface area contributed by atoms with E-state index in [4.69, 9.17) is 0 Å². The molecule has 1 aliphatic heterocycles. The molecule has 1 aromatic carbocycles. The van der Waals surface area contributed by atoms with Gasteiger partial charge in [0.2, 0.25) is 0 Å². The van der Waals surface area contributed by atoms with Crippen LogP contribution in [-0.2, 0) is 0 Å². The minimum atomic E-state index is 0.617. The van der Waals surface area contributed by atoms with Crippen LogP contribution in [0.4, 0.5) is 17.2 Å². The SMILES string of the molecule is C=Nn1c(C)cnc(Nc2ccc(N3CCN(C(C)C)CC3)cc2)c1=NC. The zero-order chi connectivity index (χ0) is 19.4. The molecule has 1 aliphatic rings. The summed E-state index contributed by atoms with van der Waals surface area (Å²) in [6, 6.07) is 9.09. The molecule has 2 heterocycles. The van der Waals surface area contributed by atoms with Crippen LogP contribution in [-0.4, -0.2) is 60.5 Å². The first-order chi connectivity index (χ1) is 13.0. The van der Waals surface area contributed by atoms with Crippen molar-refractivity contribution in [2.24, 2.45) is 10.1 Å². The number of anilines is 3. The summed E-state index contributed by atoms with van der Waals surface area (Å²) >= 11 is 0. The first-order valence-corrected chi connectivity index (χ1v) is 9.38. The molecule has 1 aromatic heterocycles. The van der Waals surface area contributed by atoms with E-state index < -0.39 is 0 Å². The fraction of sp³-hybridized carbons (Fsp3) is 0.450. The minimum absolute atomic E-state index is 0.617. The number of hydrogen-bond acceptors (Lipinski definition) is 6. The lowest BCUT2D eigenvalue weighted by atomic mass is 10.2. The van der Waals surface area contributed by atoms with Gasteiger partial charge in [0.25, 0.3) is 0 Å². The topological polar surface area (TPSA) is 61.1 Å². The Morgan fingerprint density at radius 2 is 1.78 bits per heavy atom. The number of nitrogens with zero attached hydrogens (tertiary/aromatic N) is 6. The molecular weight excluding hydrogens is 338 g/mol. The van der Waals surface area contributed by atoms with Crippen LogP contribution < -0.4 is 15.7 Å². The van der Waals surface area contributed by atoms with Crippen LogP contribution in [0.3, 0.4) is 0 Å². The number of rotatable bonds is 5. The molecule has 0 radical (unpaired) electrons. The Kier molecular flexibility index (Phi) is 5.91. The fourth-order valence-electron chi connectivity index (χ4n) is 3.39. The highest BCUT2D eigenvalue weighted by atomic mass is 15.4. The zero-order valence-corrected chi connectivity index (χ0v) is 16.7. The van der Waals surface area contributed by atoms with E-state index in [1.807, 2.05) is 6.92 Å². The van der Waals surface area contributed by atoms with Crippen molar-refractivity contribution in [3.05, 3.63) is 41.6 Å². The number of aromatic nitrogens is 2. The maximum atomic E-state index is 4.46. The monoisotopic (exact) mass is 367 g/mol. The predicted molar refractivity (Wildman–Crippen MR) is 112 cm³/mol. The van der Waals surface area contributed by atoms with Crippen molar-refractivity contribution in [2.45, 2.75) is 26.8 Å². The van der Waals surface area contributed by atoms with Crippen molar-refractivity contribution in [3.8, 4) is 0 Å². The average Bonchev–Trinajstić information content (AvgIpc) is 2.69. The van der Waals surface area contributed by atoms with E-state index >= 15 is 0 Å². The Morgan fingerprint density at radius 1 is 1.11 bits per heavy atom. The van der Waals surface area contributed by atoms with Gasteiger partial charge in [-0.05, 0) is 45.0 Å². The summed E-state index contributed by atoms with van der Waals surface area (Å²) in [4.78, 5) is 13.7. The second-order valence-electron chi connectivity index (χ2n) is 7.04. The molecule has 1 N–H and O–H groups in total. The molecule has 2 aromatic rings. The van der Waals surface area contributed by atoms with E-state index in [0.717, 1.165) is 37.6 Å². The zero-order valence-electron chi connectivity index (χ0n) is 16.7. The Labute approximate surface area is 161 Å². The summed E-state index contributed by atoms with van der Waals surface area (Å²) in [5.74, 6) is 0.661. The molecule has 0 bridgehead atoms. The Morgan fingerprint density at radius 3 is 2.33 bits per heavy atom. The number of hydrogen-bond donors (Lipinski definition) is 1. The van der Waals surface area contributed by atoms with E-state index in [-0.39, 0.29) is 0 Å². The van der Waals surface area contributed by atoms with E-state index in [1.165, 1.54) is 5.69 Å².